The Hall–Kier alpha value is -3.31. The van der Waals surface area contributed by atoms with Crippen LogP contribution in [-0.2, 0) is 11.3 Å². The number of rotatable bonds is 7. The van der Waals surface area contributed by atoms with Crippen molar-refractivity contribution in [2.24, 2.45) is 0 Å². The van der Waals surface area contributed by atoms with E-state index in [1.165, 1.54) is 5.56 Å². The molecule has 5 rings (SSSR count). The van der Waals surface area contributed by atoms with E-state index in [0.717, 1.165) is 28.3 Å². The van der Waals surface area contributed by atoms with E-state index in [1.54, 1.807) is 4.90 Å². The molecule has 0 aliphatic carbocycles. The van der Waals surface area contributed by atoms with Crippen LogP contribution in [0.25, 0.3) is 11.0 Å². The number of fused-ring (bicyclic) bond motifs is 1. The van der Waals surface area contributed by atoms with E-state index in [1.807, 2.05) is 54.6 Å². The van der Waals surface area contributed by atoms with E-state index in [2.05, 4.69) is 36.6 Å². The van der Waals surface area contributed by atoms with Gasteiger partial charge in [0.15, 0.2) is 0 Å². The first-order valence-corrected chi connectivity index (χ1v) is 12.1. The van der Waals surface area contributed by atoms with Crippen molar-refractivity contribution in [3.05, 3.63) is 89.2 Å². The first-order chi connectivity index (χ1) is 16.5. The number of amides is 1. The van der Waals surface area contributed by atoms with E-state index in [0.29, 0.717) is 37.1 Å². The van der Waals surface area contributed by atoms with Gasteiger partial charge in [-0.25, -0.2) is 4.98 Å². The molecule has 5 nitrogen and oxygen atoms in total. The van der Waals surface area contributed by atoms with Crippen LogP contribution in [0.3, 0.4) is 0 Å². The lowest BCUT2D eigenvalue weighted by atomic mass is 10.0. The van der Waals surface area contributed by atoms with Crippen LogP contribution in [0.15, 0.2) is 72.8 Å². The zero-order chi connectivity index (χ0) is 23.7. The number of carbonyl (C=O) groups excluding carboxylic acids is 1. The van der Waals surface area contributed by atoms with E-state index in [4.69, 9.17) is 21.3 Å². The molecular formula is C28H28ClN3O2. The number of anilines is 1. The topological polar surface area (TPSA) is 47.4 Å². The van der Waals surface area contributed by atoms with E-state index in [9.17, 15) is 4.79 Å². The maximum Gasteiger partial charge on any atom is 0.227 e. The maximum atomic E-state index is 12.9. The lowest BCUT2D eigenvalue weighted by Crippen LogP contribution is -2.25. The smallest absolute Gasteiger partial charge is 0.227 e. The third-order valence-electron chi connectivity index (χ3n) is 6.45. The molecule has 1 aliphatic rings. The zero-order valence-corrected chi connectivity index (χ0v) is 20.2. The molecule has 1 fully saturated rings. The molecular weight excluding hydrogens is 446 g/mol. The molecule has 1 atom stereocenters. The Morgan fingerprint density at radius 1 is 1.03 bits per heavy atom. The molecule has 0 N–H and O–H groups in total. The van der Waals surface area contributed by atoms with Crippen molar-refractivity contribution in [2.75, 3.05) is 18.1 Å². The van der Waals surface area contributed by atoms with Gasteiger partial charge in [-0.05, 0) is 47.9 Å². The van der Waals surface area contributed by atoms with E-state index in [-0.39, 0.29) is 11.8 Å². The minimum atomic E-state index is -0.0125. The van der Waals surface area contributed by atoms with Crippen molar-refractivity contribution < 1.29 is 9.53 Å². The average Bonchev–Trinajstić information content (AvgIpc) is 3.40. The van der Waals surface area contributed by atoms with Gasteiger partial charge < -0.3 is 14.2 Å². The Balaban J connectivity index is 1.37. The van der Waals surface area contributed by atoms with Crippen LogP contribution < -0.4 is 9.64 Å². The molecule has 3 aromatic carbocycles. The molecule has 1 aliphatic heterocycles. The molecule has 34 heavy (non-hydrogen) atoms. The second kappa shape index (κ2) is 9.51. The van der Waals surface area contributed by atoms with Crippen LogP contribution in [0.4, 0.5) is 5.69 Å². The first kappa shape index (κ1) is 22.5. The van der Waals surface area contributed by atoms with Crippen LogP contribution in [0.1, 0.15) is 43.5 Å². The summed E-state index contributed by atoms with van der Waals surface area (Å²) in [6.45, 7) is 6.09. The van der Waals surface area contributed by atoms with Gasteiger partial charge in [0.25, 0.3) is 0 Å². The highest BCUT2D eigenvalue weighted by molar-refractivity contribution is 6.33. The zero-order valence-electron chi connectivity index (χ0n) is 19.4. The summed E-state index contributed by atoms with van der Waals surface area (Å²) in [6, 6.07) is 23.9. The van der Waals surface area contributed by atoms with Gasteiger partial charge in [-0.3, -0.25) is 4.79 Å². The predicted octanol–water partition coefficient (Wildman–Crippen LogP) is 6.41. The SMILES string of the molecule is CC(C)c1ccc(OCCn2c(C3CC(=O)N(c4ccccc4Cl)C3)nc3ccccc32)cc1. The molecule has 0 saturated carbocycles. The minimum Gasteiger partial charge on any atom is -0.492 e. The Labute approximate surface area is 204 Å². The molecule has 1 unspecified atom stereocenters. The quantitative estimate of drug-likeness (QED) is 0.311. The van der Waals surface area contributed by atoms with Crippen molar-refractivity contribution in [1.82, 2.24) is 9.55 Å². The molecule has 4 aromatic rings. The van der Waals surface area contributed by atoms with Gasteiger partial charge in [-0.1, -0.05) is 61.8 Å². The van der Waals surface area contributed by atoms with Gasteiger partial charge >= 0.3 is 0 Å². The summed E-state index contributed by atoms with van der Waals surface area (Å²) >= 11 is 6.38. The number of carbonyl (C=O) groups is 1. The Bertz CT molecular complexity index is 1310. The standard InChI is InChI=1S/C28H28ClN3O2/c1-19(2)20-11-13-22(14-12-20)34-16-15-31-26-10-6-4-8-24(26)30-28(31)21-17-27(33)32(18-21)25-9-5-3-7-23(25)29/h3-14,19,21H,15-18H2,1-2H3. The second-order valence-corrected chi connectivity index (χ2v) is 9.45. The Kier molecular flexibility index (Phi) is 6.29. The van der Waals surface area contributed by atoms with Crippen LogP contribution in [0.5, 0.6) is 5.75 Å². The fraction of sp³-hybridized carbons (Fsp3) is 0.286. The van der Waals surface area contributed by atoms with Crippen LogP contribution >= 0.6 is 11.6 Å². The second-order valence-electron chi connectivity index (χ2n) is 9.04. The number of hydrogen-bond acceptors (Lipinski definition) is 3. The number of imidazole rings is 1. The van der Waals surface area contributed by atoms with Gasteiger partial charge in [-0.15, -0.1) is 0 Å². The minimum absolute atomic E-state index is 0.0125. The monoisotopic (exact) mass is 473 g/mol. The summed E-state index contributed by atoms with van der Waals surface area (Å²) in [4.78, 5) is 19.6. The number of halogens is 1. The third-order valence-corrected chi connectivity index (χ3v) is 6.77. The first-order valence-electron chi connectivity index (χ1n) is 11.7. The summed E-state index contributed by atoms with van der Waals surface area (Å²) in [6.07, 6.45) is 0.409. The molecule has 0 radical (unpaired) electrons. The number of ether oxygens (including phenoxy) is 1. The van der Waals surface area contributed by atoms with Crippen molar-refractivity contribution in [3.63, 3.8) is 0 Å². The van der Waals surface area contributed by atoms with Gasteiger partial charge in [0, 0.05) is 18.9 Å². The maximum absolute atomic E-state index is 12.9. The van der Waals surface area contributed by atoms with E-state index >= 15 is 0 Å². The summed E-state index contributed by atoms with van der Waals surface area (Å²) in [5.41, 5.74) is 4.04. The fourth-order valence-electron chi connectivity index (χ4n) is 4.63. The van der Waals surface area contributed by atoms with Gasteiger partial charge in [0.1, 0.15) is 18.2 Å². The Morgan fingerprint density at radius 2 is 1.76 bits per heavy atom. The molecule has 2 heterocycles. The lowest BCUT2D eigenvalue weighted by molar-refractivity contribution is -0.117. The molecule has 0 bridgehead atoms. The number of hydrogen-bond donors (Lipinski definition) is 0. The van der Waals surface area contributed by atoms with Crippen molar-refractivity contribution in [3.8, 4) is 5.75 Å². The highest BCUT2D eigenvalue weighted by atomic mass is 35.5. The fourth-order valence-corrected chi connectivity index (χ4v) is 4.87. The van der Waals surface area contributed by atoms with Crippen molar-refractivity contribution in [1.29, 1.82) is 0 Å². The van der Waals surface area contributed by atoms with Crippen LogP contribution in [0, 0.1) is 0 Å². The Morgan fingerprint density at radius 3 is 2.53 bits per heavy atom. The summed E-state index contributed by atoms with van der Waals surface area (Å²) in [5, 5.41) is 0.585. The number of nitrogens with zero attached hydrogens (tertiary/aromatic N) is 3. The molecule has 1 amide bonds. The normalized spacial score (nSPS) is 16.1. The largest absolute Gasteiger partial charge is 0.492 e. The van der Waals surface area contributed by atoms with Gasteiger partial charge in [0.05, 0.1) is 28.3 Å². The molecule has 1 aromatic heterocycles. The molecule has 0 spiro atoms. The summed E-state index contributed by atoms with van der Waals surface area (Å²) < 4.78 is 8.26. The molecule has 1 saturated heterocycles. The summed E-state index contributed by atoms with van der Waals surface area (Å²) in [5.74, 6) is 2.33. The van der Waals surface area contributed by atoms with Gasteiger partial charge in [-0.2, -0.15) is 0 Å². The summed E-state index contributed by atoms with van der Waals surface area (Å²) in [7, 11) is 0. The predicted molar refractivity (Wildman–Crippen MR) is 137 cm³/mol. The van der Waals surface area contributed by atoms with Crippen molar-refractivity contribution in [2.45, 2.75) is 38.6 Å². The van der Waals surface area contributed by atoms with E-state index < -0.39 is 0 Å². The molecule has 6 heteroatoms. The molecule has 174 valence electrons. The van der Waals surface area contributed by atoms with Crippen molar-refractivity contribution >= 4 is 34.2 Å². The third kappa shape index (κ3) is 4.40. The number of aromatic nitrogens is 2. The highest BCUT2D eigenvalue weighted by Gasteiger charge is 2.35. The van der Waals surface area contributed by atoms with Crippen LogP contribution in [0.2, 0.25) is 5.02 Å². The highest BCUT2D eigenvalue weighted by Crippen LogP contribution is 2.36. The lowest BCUT2D eigenvalue weighted by Gasteiger charge is -2.18. The average molecular weight is 474 g/mol. The van der Waals surface area contributed by atoms with Crippen LogP contribution in [-0.4, -0.2) is 28.6 Å². The number of benzene rings is 3. The number of para-hydroxylation sites is 3. The van der Waals surface area contributed by atoms with Gasteiger partial charge in [0.2, 0.25) is 5.91 Å².